The Labute approximate surface area is 75.4 Å². The molecule has 1 rings (SSSR count). The molecule has 0 saturated heterocycles. The van der Waals surface area contributed by atoms with Gasteiger partial charge in [0.2, 0.25) is 0 Å². The fraction of sp³-hybridized carbons (Fsp3) is 0.111. The van der Waals surface area contributed by atoms with E-state index < -0.39 is 0 Å². The van der Waals surface area contributed by atoms with Crippen molar-refractivity contribution in [3.63, 3.8) is 0 Å². The Morgan fingerprint density at radius 3 is 2.83 bits per heavy atom. The van der Waals surface area contributed by atoms with Crippen molar-refractivity contribution in [2.75, 3.05) is 6.61 Å². The van der Waals surface area contributed by atoms with Crippen LogP contribution in [0.3, 0.4) is 0 Å². The summed E-state index contributed by atoms with van der Waals surface area (Å²) in [4.78, 5) is 0. The van der Waals surface area contributed by atoms with Crippen LogP contribution in [-0.2, 0) is 0 Å². The molecule has 0 saturated carbocycles. The first-order valence-corrected chi connectivity index (χ1v) is 3.70. The van der Waals surface area contributed by atoms with Gasteiger partial charge in [-0.3, -0.25) is 0 Å². The summed E-state index contributed by atoms with van der Waals surface area (Å²) in [6, 6.07) is 4.57. The number of hydrogen-bond acceptors (Lipinski definition) is 2. The second-order valence-corrected chi connectivity index (χ2v) is 2.56. The fourth-order valence-corrected chi connectivity index (χ4v) is 0.915. The fourth-order valence-electron chi connectivity index (χ4n) is 0.743. The third-order valence-electron chi connectivity index (χ3n) is 1.26. The topological polar surface area (TPSA) is 40.5 Å². The van der Waals surface area contributed by atoms with Crippen molar-refractivity contribution in [3.05, 3.63) is 28.8 Å². The van der Waals surface area contributed by atoms with E-state index in [1.165, 1.54) is 6.07 Å². The lowest BCUT2D eigenvalue weighted by atomic mass is 10.2. The molecule has 0 aromatic heterocycles. The van der Waals surface area contributed by atoms with E-state index in [0.717, 1.165) is 0 Å². The molecule has 3 heteroatoms. The highest BCUT2D eigenvalue weighted by atomic mass is 35.5. The number of aliphatic hydroxyl groups excluding tert-OH is 1. The Bertz CT molecular complexity index is 336. The van der Waals surface area contributed by atoms with Crippen molar-refractivity contribution in [1.29, 1.82) is 0 Å². The van der Waals surface area contributed by atoms with E-state index in [9.17, 15) is 5.11 Å². The van der Waals surface area contributed by atoms with Gasteiger partial charge in [-0.25, -0.2) is 0 Å². The largest absolute Gasteiger partial charge is 0.507 e. The van der Waals surface area contributed by atoms with E-state index in [4.69, 9.17) is 16.7 Å². The summed E-state index contributed by atoms with van der Waals surface area (Å²) in [6.07, 6.45) is 0. The van der Waals surface area contributed by atoms with Gasteiger partial charge in [0.25, 0.3) is 0 Å². The Hall–Kier alpha value is -1.17. The van der Waals surface area contributed by atoms with E-state index in [1.54, 1.807) is 12.1 Å². The van der Waals surface area contributed by atoms with Crippen molar-refractivity contribution in [1.82, 2.24) is 0 Å². The van der Waals surface area contributed by atoms with Gasteiger partial charge in [-0.05, 0) is 18.2 Å². The van der Waals surface area contributed by atoms with Crippen molar-refractivity contribution < 1.29 is 10.2 Å². The standard InChI is InChI=1S/C9H7ClO2/c10-8-3-4-9(12)7(6-8)2-1-5-11/h3-4,6,11-12H,5H2. The first-order valence-electron chi connectivity index (χ1n) is 3.32. The molecule has 0 aliphatic heterocycles. The Balaban J connectivity index is 3.05. The minimum absolute atomic E-state index is 0.0698. The summed E-state index contributed by atoms with van der Waals surface area (Å²) in [5.41, 5.74) is 0.427. The van der Waals surface area contributed by atoms with Gasteiger partial charge in [0, 0.05) is 5.02 Å². The van der Waals surface area contributed by atoms with Crippen LogP contribution in [-0.4, -0.2) is 16.8 Å². The molecule has 62 valence electrons. The zero-order valence-corrected chi connectivity index (χ0v) is 6.97. The molecule has 0 aliphatic carbocycles. The van der Waals surface area contributed by atoms with Gasteiger partial charge in [0.1, 0.15) is 12.4 Å². The molecule has 0 amide bonds. The molecule has 0 radical (unpaired) electrons. The second-order valence-electron chi connectivity index (χ2n) is 2.12. The molecular weight excluding hydrogens is 176 g/mol. The summed E-state index contributed by atoms with van der Waals surface area (Å²) in [7, 11) is 0. The number of halogens is 1. The SMILES string of the molecule is OCC#Cc1cc(Cl)ccc1O. The molecule has 1 aromatic rings. The van der Waals surface area contributed by atoms with Crippen LogP contribution in [0, 0.1) is 11.8 Å². The highest BCUT2D eigenvalue weighted by molar-refractivity contribution is 6.30. The molecule has 1 aromatic carbocycles. The number of aromatic hydroxyl groups is 1. The second kappa shape index (κ2) is 4.01. The highest BCUT2D eigenvalue weighted by Crippen LogP contribution is 2.19. The first kappa shape index (κ1) is 8.92. The van der Waals surface area contributed by atoms with Gasteiger partial charge in [0.15, 0.2) is 0 Å². The van der Waals surface area contributed by atoms with E-state index in [-0.39, 0.29) is 12.4 Å². The molecule has 0 atom stereocenters. The van der Waals surface area contributed by atoms with Gasteiger partial charge < -0.3 is 10.2 Å². The number of benzene rings is 1. The molecule has 0 bridgehead atoms. The minimum Gasteiger partial charge on any atom is -0.507 e. The molecule has 0 unspecified atom stereocenters. The monoisotopic (exact) mass is 182 g/mol. The number of phenolic OH excluding ortho intramolecular Hbond substituents is 1. The maximum absolute atomic E-state index is 9.22. The van der Waals surface area contributed by atoms with Crippen molar-refractivity contribution in [2.24, 2.45) is 0 Å². The summed E-state index contributed by atoms with van der Waals surface area (Å²) in [6.45, 7) is -0.230. The lowest BCUT2D eigenvalue weighted by Gasteiger charge is -1.95. The summed E-state index contributed by atoms with van der Waals surface area (Å²) in [5.74, 6) is 5.06. The van der Waals surface area contributed by atoms with Crippen LogP contribution in [0.2, 0.25) is 5.02 Å². The van der Waals surface area contributed by atoms with Gasteiger partial charge >= 0.3 is 0 Å². The number of aliphatic hydroxyl groups is 1. The number of hydrogen-bond donors (Lipinski definition) is 2. The Morgan fingerprint density at radius 1 is 1.42 bits per heavy atom. The van der Waals surface area contributed by atoms with Gasteiger partial charge in [-0.15, -0.1) is 0 Å². The molecule has 2 nitrogen and oxygen atoms in total. The smallest absolute Gasteiger partial charge is 0.131 e. The first-order chi connectivity index (χ1) is 5.74. The summed E-state index contributed by atoms with van der Waals surface area (Å²) in [5, 5.41) is 18.1. The predicted molar refractivity (Wildman–Crippen MR) is 47.1 cm³/mol. The average molecular weight is 183 g/mol. The van der Waals surface area contributed by atoms with Gasteiger partial charge in [0.05, 0.1) is 5.56 Å². The van der Waals surface area contributed by atoms with Crippen LogP contribution in [0.1, 0.15) is 5.56 Å². The van der Waals surface area contributed by atoms with E-state index in [2.05, 4.69) is 11.8 Å². The molecule has 0 aliphatic rings. The zero-order chi connectivity index (χ0) is 8.97. The maximum atomic E-state index is 9.22. The lowest BCUT2D eigenvalue weighted by molar-refractivity contribution is 0.350. The van der Waals surface area contributed by atoms with Crippen LogP contribution < -0.4 is 0 Å². The minimum atomic E-state index is -0.230. The molecule has 2 N–H and O–H groups in total. The quantitative estimate of drug-likeness (QED) is 0.596. The third-order valence-corrected chi connectivity index (χ3v) is 1.50. The Kier molecular flexibility index (Phi) is 2.98. The predicted octanol–water partition coefficient (Wildman–Crippen LogP) is 1.39. The van der Waals surface area contributed by atoms with E-state index in [0.29, 0.717) is 10.6 Å². The molecule has 0 spiro atoms. The molecular formula is C9H7ClO2. The van der Waals surface area contributed by atoms with Crippen LogP contribution >= 0.6 is 11.6 Å². The van der Waals surface area contributed by atoms with Crippen molar-refractivity contribution >= 4 is 11.6 Å². The number of phenols is 1. The van der Waals surface area contributed by atoms with Crippen molar-refractivity contribution in [3.8, 4) is 17.6 Å². The molecule has 0 heterocycles. The summed E-state index contributed by atoms with van der Waals surface area (Å²) >= 11 is 5.65. The normalized spacial score (nSPS) is 8.83. The van der Waals surface area contributed by atoms with Gasteiger partial charge in [-0.2, -0.15) is 0 Å². The lowest BCUT2D eigenvalue weighted by Crippen LogP contribution is -1.78. The van der Waals surface area contributed by atoms with E-state index in [1.807, 2.05) is 0 Å². The van der Waals surface area contributed by atoms with E-state index >= 15 is 0 Å². The van der Waals surface area contributed by atoms with Crippen LogP contribution in [0.25, 0.3) is 0 Å². The van der Waals surface area contributed by atoms with Crippen LogP contribution in [0.15, 0.2) is 18.2 Å². The maximum Gasteiger partial charge on any atom is 0.131 e. The van der Waals surface area contributed by atoms with Crippen LogP contribution in [0.5, 0.6) is 5.75 Å². The average Bonchev–Trinajstić information content (AvgIpc) is 2.07. The van der Waals surface area contributed by atoms with Crippen molar-refractivity contribution in [2.45, 2.75) is 0 Å². The highest BCUT2D eigenvalue weighted by Gasteiger charge is 1.96. The molecule has 12 heavy (non-hydrogen) atoms. The summed E-state index contributed by atoms with van der Waals surface area (Å²) < 4.78 is 0. The Morgan fingerprint density at radius 2 is 2.17 bits per heavy atom. The zero-order valence-electron chi connectivity index (χ0n) is 6.21. The van der Waals surface area contributed by atoms with Gasteiger partial charge in [-0.1, -0.05) is 23.4 Å². The number of rotatable bonds is 0. The van der Waals surface area contributed by atoms with Crippen LogP contribution in [0.4, 0.5) is 0 Å². The third kappa shape index (κ3) is 2.16. The molecule has 0 fully saturated rings.